The van der Waals surface area contributed by atoms with Gasteiger partial charge in [-0.2, -0.15) is 0 Å². The van der Waals surface area contributed by atoms with E-state index in [1.54, 1.807) is 0 Å². The number of rotatable bonds is 4. The molecule has 0 bridgehead atoms. The molecule has 0 N–H and O–H groups in total. The summed E-state index contributed by atoms with van der Waals surface area (Å²) in [5.74, 6) is -0.723. The van der Waals surface area contributed by atoms with E-state index in [0.29, 0.717) is 5.56 Å². The lowest BCUT2D eigenvalue weighted by molar-refractivity contribution is 0.122. The van der Waals surface area contributed by atoms with E-state index in [1.807, 2.05) is 0 Å². The van der Waals surface area contributed by atoms with Crippen molar-refractivity contribution in [3.8, 4) is 0 Å². The number of hydrogen-bond acceptors (Lipinski definition) is 3. The average molecular weight is 253 g/mol. The standard InChI is InChI=1S/C9H10ClFO3S/c1-14-9(6-15(10,12)13)7-2-4-8(11)5-3-7/h2-5,9H,6H2,1H3. The van der Waals surface area contributed by atoms with Crippen LogP contribution in [0.5, 0.6) is 0 Å². The third-order valence-corrected chi connectivity index (χ3v) is 2.96. The van der Waals surface area contributed by atoms with Gasteiger partial charge >= 0.3 is 0 Å². The Balaban J connectivity index is 2.88. The van der Waals surface area contributed by atoms with Gasteiger partial charge in [0.25, 0.3) is 0 Å². The maximum atomic E-state index is 12.6. The molecule has 0 aromatic heterocycles. The van der Waals surface area contributed by atoms with Crippen LogP contribution < -0.4 is 0 Å². The number of hydrogen-bond donors (Lipinski definition) is 0. The maximum absolute atomic E-state index is 12.6. The lowest BCUT2D eigenvalue weighted by atomic mass is 10.1. The molecule has 1 aromatic carbocycles. The normalized spacial score (nSPS) is 13.8. The molecule has 3 nitrogen and oxygen atoms in total. The van der Waals surface area contributed by atoms with Crippen molar-refractivity contribution in [1.82, 2.24) is 0 Å². The molecule has 0 radical (unpaired) electrons. The molecule has 0 fully saturated rings. The summed E-state index contributed by atoms with van der Waals surface area (Å²) in [6.45, 7) is 0. The summed E-state index contributed by atoms with van der Waals surface area (Å²) in [6, 6.07) is 5.40. The Morgan fingerprint density at radius 1 is 1.40 bits per heavy atom. The van der Waals surface area contributed by atoms with Gasteiger partial charge in [0, 0.05) is 17.8 Å². The molecule has 6 heteroatoms. The van der Waals surface area contributed by atoms with Crippen LogP contribution >= 0.6 is 10.7 Å². The highest BCUT2D eigenvalue weighted by atomic mass is 35.7. The highest BCUT2D eigenvalue weighted by molar-refractivity contribution is 8.13. The zero-order chi connectivity index (χ0) is 11.5. The molecule has 1 aromatic rings. The first-order chi connectivity index (χ1) is 6.92. The summed E-state index contributed by atoms with van der Waals surface area (Å²) in [6.07, 6.45) is -0.673. The van der Waals surface area contributed by atoms with Gasteiger partial charge in [0.15, 0.2) is 0 Å². The van der Waals surface area contributed by atoms with E-state index in [-0.39, 0.29) is 11.6 Å². The van der Waals surface area contributed by atoms with Gasteiger partial charge in [-0.1, -0.05) is 12.1 Å². The lowest BCUT2D eigenvalue weighted by Crippen LogP contribution is -2.12. The minimum absolute atomic E-state index is 0.337. The molecule has 0 aliphatic heterocycles. The highest BCUT2D eigenvalue weighted by Crippen LogP contribution is 2.20. The van der Waals surface area contributed by atoms with E-state index in [9.17, 15) is 12.8 Å². The first kappa shape index (κ1) is 12.4. The summed E-state index contributed by atoms with van der Waals surface area (Å²) in [5, 5.41) is 0. The molecule has 0 saturated heterocycles. The maximum Gasteiger partial charge on any atom is 0.235 e. The average Bonchev–Trinajstić information content (AvgIpc) is 2.14. The molecule has 84 valence electrons. The van der Waals surface area contributed by atoms with E-state index in [1.165, 1.54) is 31.4 Å². The quantitative estimate of drug-likeness (QED) is 0.771. The molecule has 0 aliphatic rings. The number of methoxy groups -OCH3 is 1. The number of ether oxygens (including phenoxy) is 1. The van der Waals surface area contributed by atoms with Crippen LogP contribution in [-0.2, 0) is 13.8 Å². The Morgan fingerprint density at radius 2 is 1.93 bits per heavy atom. The molecule has 1 unspecified atom stereocenters. The van der Waals surface area contributed by atoms with Crippen molar-refractivity contribution in [2.75, 3.05) is 12.9 Å². The Bertz CT molecular complexity index is 415. The van der Waals surface area contributed by atoms with Crippen LogP contribution in [0.3, 0.4) is 0 Å². The topological polar surface area (TPSA) is 43.4 Å². The SMILES string of the molecule is COC(CS(=O)(=O)Cl)c1ccc(F)cc1. The van der Waals surface area contributed by atoms with Crippen molar-refractivity contribution in [1.29, 1.82) is 0 Å². The summed E-state index contributed by atoms with van der Waals surface area (Å²) >= 11 is 0. The molecule has 0 saturated carbocycles. The van der Waals surface area contributed by atoms with E-state index < -0.39 is 15.2 Å². The second kappa shape index (κ2) is 4.92. The second-order valence-electron chi connectivity index (χ2n) is 2.98. The van der Waals surface area contributed by atoms with Gasteiger partial charge in [-0.3, -0.25) is 0 Å². The van der Waals surface area contributed by atoms with Crippen LogP contribution in [0.4, 0.5) is 4.39 Å². The van der Waals surface area contributed by atoms with Crippen molar-refractivity contribution >= 4 is 19.7 Å². The van der Waals surface area contributed by atoms with Crippen LogP contribution in [0.2, 0.25) is 0 Å². The van der Waals surface area contributed by atoms with Crippen LogP contribution in [-0.4, -0.2) is 21.3 Å². The van der Waals surface area contributed by atoms with E-state index >= 15 is 0 Å². The molecule has 0 amide bonds. The molecule has 15 heavy (non-hydrogen) atoms. The van der Waals surface area contributed by atoms with Crippen LogP contribution in [0.1, 0.15) is 11.7 Å². The predicted molar refractivity (Wildman–Crippen MR) is 55.8 cm³/mol. The summed E-state index contributed by atoms with van der Waals surface area (Å²) in [7, 11) is 2.84. The van der Waals surface area contributed by atoms with Gasteiger partial charge in [-0.15, -0.1) is 0 Å². The lowest BCUT2D eigenvalue weighted by Gasteiger charge is -2.13. The van der Waals surface area contributed by atoms with Crippen LogP contribution in [0.15, 0.2) is 24.3 Å². The molecule has 0 spiro atoms. The zero-order valence-corrected chi connectivity index (χ0v) is 9.56. The van der Waals surface area contributed by atoms with Crippen molar-refractivity contribution in [3.63, 3.8) is 0 Å². The molecule has 0 heterocycles. The third kappa shape index (κ3) is 4.15. The van der Waals surface area contributed by atoms with Gasteiger partial charge < -0.3 is 4.74 Å². The van der Waals surface area contributed by atoms with Crippen molar-refractivity contribution < 1.29 is 17.5 Å². The molecular weight excluding hydrogens is 243 g/mol. The first-order valence-corrected chi connectivity index (χ1v) is 6.61. The van der Waals surface area contributed by atoms with Gasteiger partial charge in [0.05, 0.1) is 11.9 Å². The molecule has 1 atom stereocenters. The van der Waals surface area contributed by atoms with Crippen molar-refractivity contribution in [2.45, 2.75) is 6.10 Å². The minimum Gasteiger partial charge on any atom is -0.376 e. The summed E-state index contributed by atoms with van der Waals surface area (Å²) < 4.78 is 39.3. The fraction of sp³-hybridized carbons (Fsp3) is 0.333. The first-order valence-electron chi connectivity index (χ1n) is 4.13. The second-order valence-corrected chi connectivity index (χ2v) is 5.80. The van der Waals surface area contributed by atoms with Crippen LogP contribution in [0.25, 0.3) is 0 Å². The summed E-state index contributed by atoms with van der Waals surface area (Å²) in [5.41, 5.74) is 0.572. The Morgan fingerprint density at radius 3 is 2.33 bits per heavy atom. The van der Waals surface area contributed by atoms with Crippen LogP contribution in [0, 0.1) is 5.82 Å². The molecule has 0 aliphatic carbocycles. The molecular formula is C9H10ClFO3S. The number of benzene rings is 1. The smallest absolute Gasteiger partial charge is 0.235 e. The van der Waals surface area contributed by atoms with Gasteiger partial charge in [0.2, 0.25) is 9.05 Å². The minimum atomic E-state index is -3.64. The zero-order valence-electron chi connectivity index (χ0n) is 7.98. The van der Waals surface area contributed by atoms with Gasteiger partial charge in [-0.05, 0) is 17.7 Å². The Hall–Kier alpha value is -0.650. The monoisotopic (exact) mass is 252 g/mol. The fourth-order valence-electron chi connectivity index (χ4n) is 1.16. The predicted octanol–water partition coefficient (Wildman–Crippen LogP) is 2.08. The fourth-order valence-corrected chi connectivity index (χ4v) is 2.19. The Labute approximate surface area is 92.2 Å². The van der Waals surface area contributed by atoms with E-state index in [4.69, 9.17) is 15.4 Å². The van der Waals surface area contributed by atoms with E-state index in [0.717, 1.165) is 0 Å². The van der Waals surface area contributed by atoms with Crippen molar-refractivity contribution in [3.05, 3.63) is 35.6 Å². The molecule has 1 rings (SSSR count). The van der Waals surface area contributed by atoms with Gasteiger partial charge in [-0.25, -0.2) is 12.8 Å². The number of halogens is 2. The highest BCUT2D eigenvalue weighted by Gasteiger charge is 2.18. The largest absolute Gasteiger partial charge is 0.376 e. The van der Waals surface area contributed by atoms with E-state index in [2.05, 4.69) is 0 Å². The summed E-state index contributed by atoms with van der Waals surface area (Å²) in [4.78, 5) is 0. The van der Waals surface area contributed by atoms with Gasteiger partial charge in [0.1, 0.15) is 5.82 Å². The van der Waals surface area contributed by atoms with Crippen molar-refractivity contribution in [2.24, 2.45) is 0 Å². The third-order valence-electron chi connectivity index (χ3n) is 1.88. The Kier molecular flexibility index (Phi) is 4.07.